The van der Waals surface area contributed by atoms with E-state index in [1.165, 1.54) is 4.90 Å². The summed E-state index contributed by atoms with van der Waals surface area (Å²) >= 11 is 0. The standard InChI is InChI=1S/C36H40N6O5/c43-27-19-32-35(46)40-30(17-24-9-3-1-4-10-24)34(45)37-15-16-41(21-25-11-5-2-6-12-25)23-33(44)39-31(36(47)42(32)22-27)18-26-20-38-29-14-8-7-13-28(26)29/h1-14,20,27,30-32,38,43H,15-19,21-23H2,(H,37,45)(H,39,44)(H,40,46)/t27-,30+,31-,32+/m1/s1. The maximum absolute atomic E-state index is 14.3. The van der Waals surface area contributed by atoms with Crippen molar-refractivity contribution in [1.29, 1.82) is 0 Å². The van der Waals surface area contributed by atoms with Crippen molar-refractivity contribution in [3.8, 4) is 0 Å². The lowest BCUT2D eigenvalue weighted by atomic mass is 10.0. The van der Waals surface area contributed by atoms with E-state index in [1.54, 1.807) is 0 Å². The molecule has 6 rings (SSSR count). The summed E-state index contributed by atoms with van der Waals surface area (Å²) < 4.78 is 0. The molecule has 4 amide bonds. The van der Waals surface area contributed by atoms with Gasteiger partial charge in [-0.15, -0.1) is 0 Å². The number of fused-ring (bicyclic) bond motifs is 2. The Balaban J connectivity index is 1.32. The smallest absolute Gasteiger partial charge is 0.246 e. The number of nitrogens with zero attached hydrogens (tertiary/aromatic N) is 2. The second-order valence-corrected chi connectivity index (χ2v) is 12.3. The molecule has 3 heterocycles. The summed E-state index contributed by atoms with van der Waals surface area (Å²) in [5, 5.41) is 20.4. The van der Waals surface area contributed by atoms with Crippen LogP contribution >= 0.6 is 0 Å². The molecule has 0 spiro atoms. The van der Waals surface area contributed by atoms with Crippen LogP contribution in [-0.2, 0) is 38.6 Å². The number of benzene rings is 3. The van der Waals surface area contributed by atoms with Crippen LogP contribution in [0.15, 0.2) is 91.1 Å². The summed E-state index contributed by atoms with van der Waals surface area (Å²) in [6, 6.07) is 23.9. The molecule has 0 saturated carbocycles. The Morgan fingerprint density at radius 2 is 1.47 bits per heavy atom. The first-order chi connectivity index (χ1) is 22.8. The topological polar surface area (TPSA) is 147 Å². The minimum atomic E-state index is -1.01. The number of para-hydroxylation sites is 1. The number of carbonyl (C=O) groups excluding carboxylic acids is 4. The van der Waals surface area contributed by atoms with Gasteiger partial charge in [0, 0.05) is 62.5 Å². The monoisotopic (exact) mass is 636 g/mol. The van der Waals surface area contributed by atoms with Crippen LogP contribution in [0.3, 0.4) is 0 Å². The largest absolute Gasteiger partial charge is 0.391 e. The zero-order chi connectivity index (χ0) is 32.8. The third kappa shape index (κ3) is 7.87. The van der Waals surface area contributed by atoms with Crippen molar-refractivity contribution in [2.75, 3.05) is 26.2 Å². The van der Waals surface area contributed by atoms with Gasteiger partial charge in [0.25, 0.3) is 0 Å². The molecule has 2 fully saturated rings. The van der Waals surface area contributed by atoms with Gasteiger partial charge < -0.3 is 30.9 Å². The van der Waals surface area contributed by atoms with E-state index in [0.29, 0.717) is 13.1 Å². The molecule has 1 aromatic heterocycles. The van der Waals surface area contributed by atoms with Gasteiger partial charge >= 0.3 is 0 Å². The fourth-order valence-electron chi connectivity index (χ4n) is 6.51. The first-order valence-electron chi connectivity index (χ1n) is 16.0. The first kappa shape index (κ1) is 32.0. The highest BCUT2D eigenvalue weighted by atomic mass is 16.3. The highest BCUT2D eigenvalue weighted by molar-refractivity contribution is 5.95. The number of aromatic amines is 1. The molecular weight excluding hydrogens is 596 g/mol. The number of H-pyrrole nitrogens is 1. The van der Waals surface area contributed by atoms with E-state index in [1.807, 2.05) is 96.0 Å². The van der Waals surface area contributed by atoms with Crippen LogP contribution in [0.4, 0.5) is 0 Å². The van der Waals surface area contributed by atoms with Crippen molar-refractivity contribution in [3.63, 3.8) is 0 Å². The molecule has 47 heavy (non-hydrogen) atoms. The number of aromatic nitrogens is 1. The zero-order valence-corrected chi connectivity index (χ0v) is 26.1. The van der Waals surface area contributed by atoms with Crippen LogP contribution in [0.25, 0.3) is 10.9 Å². The fraction of sp³-hybridized carbons (Fsp3) is 0.333. The van der Waals surface area contributed by atoms with E-state index in [-0.39, 0.29) is 50.7 Å². The van der Waals surface area contributed by atoms with E-state index in [4.69, 9.17) is 0 Å². The Labute approximate surface area is 273 Å². The molecule has 2 aliphatic rings. The molecule has 0 bridgehead atoms. The minimum absolute atomic E-state index is 0.0148. The Bertz CT molecular complexity index is 1710. The summed E-state index contributed by atoms with van der Waals surface area (Å²) in [4.78, 5) is 61.8. The van der Waals surface area contributed by atoms with Crippen molar-refractivity contribution >= 4 is 34.5 Å². The lowest BCUT2D eigenvalue weighted by Gasteiger charge is -2.30. The van der Waals surface area contributed by atoms with Crippen molar-refractivity contribution in [2.24, 2.45) is 0 Å². The normalized spacial score (nSPS) is 23.4. The summed E-state index contributed by atoms with van der Waals surface area (Å²) in [6.07, 6.45) is 1.36. The van der Waals surface area contributed by atoms with Gasteiger partial charge in [-0.3, -0.25) is 24.1 Å². The zero-order valence-electron chi connectivity index (χ0n) is 26.1. The Kier molecular flexibility index (Phi) is 9.94. The average molecular weight is 637 g/mol. The highest BCUT2D eigenvalue weighted by Crippen LogP contribution is 2.24. The number of rotatable bonds is 6. The Morgan fingerprint density at radius 3 is 2.23 bits per heavy atom. The quantitative estimate of drug-likeness (QED) is 0.217. The van der Waals surface area contributed by atoms with Crippen LogP contribution in [0.1, 0.15) is 23.1 Å². The second-order valence-electron chi connectivity index (χ2n) is 12.3. The van der Waals surface area contributed by atoms with E-state index in [0.717, 1.165) is 27.6 Å². The number of aliphatic hydroxyl groups excluding tert-OH is 1. The molecule has 4 atom stereocenters. The molecule has 5 N–H and O–H groups in total. The number of aliphatic hydroxyl groups is 1. The molecule has 2 aliphatic heterocycles. The van der Waals surface area contributed by atoms with Crippen molar-refractivity contribution in [3.05, 3.63) is 108 Å². The first-order valence-corrected chi connectivity index (χ1v) is 16.0. The maximum atomic E-state index is 14.3. The number of hydrogen-bond donors (Lipinski definition) is 5. The van der Waals surface area contributed by atoms with Crippen LogP contribution in [-0.4, -0.2) is 93.9 Å². The van der Waals surface area contributed by atoms with Gasteiger partial charge in [-0.2, -0.15) is 0 Å². The lowest BCUT2D eigenvalue weighted by Crippen LogP contribution is -2.57. The SMILES string of the molecule is O=C1CN(Cc2ccccc2)CCNC(=O)[C@H](Cc2ccccc2)NC(=O)[C@@H]2C[C@@H](O)CN2C(=O)[C@@H](Cc2c[nH]c3ccccc23)N1. The summed E-state index contributed by atoms with van der Waals surface area (Å²) in [7, 11) is 0. The summed E-state index contributed by atoms with van der Waals surface area (Å²) in [5.74, 6) is -1.71. The van der Waals surface area contributed by atoms with E-state index >= 15 is 0 Å². The van der Waals surface area contributed by atoms with Crippen molar-refractivity contribution in [1.82, 2.24) is 30.7 Å². The van der Waals surface area contributed by atoms with Crippen LogP contribution < -0.4 is 16.0 Å². The van der Waals surface area contributed by atoms with Gasteiger partial charge in [0.1, 0.15) is 18.1 Å². The van der Waals surface area contributed by atoms with Gasteiger partial charge in [-0.1, -0.05) is 78.9 Å². The summed E-state index contributed by atoms with van der Waals surface area (Å²) in [5.41, 5.74) is 3.61. The third-order valence-electron chi connectivity index (χ3n) is 8.86. The predicted molar refractivity (Wildman–Crippen MR) is 177 cm³/mol. The molecule has 0 aliphatic carbocycles. The molecule has 11 heteroatoms. The number of amides is 4. The van der Waals surface area contributed by atoms with Crippen LogP contribution in [0.5, 0.6) is 0 Å². The van der Waals surface area contributed by atoms with Gasteiger partial charge in [0.15, 0.2) is 0 Å². The van der Waals surface area contributed by atoms with Crippen molar-refractivity contribution < 1.29 is 24.3 Å². The van der Waals surface area contributed by atoms with Gasteiger partial charge in [0.05, 0.1) is 12.6 Å². The van der Waals surface area contributed by atoms with Crippen LogP contribution in [0.2, 0.25) is 0 Å². The molecule has 0 radical (unpaired) electrons. The Morgan fingerprint density at radius 1 is 0.766 bits per heavy atom. The molecular formula is C36H40N6O5. The van der Waals surface area contributed by atoms with Gasteiger partial charge in [-0.25, -0.2) is 0 Å². The van der Waals surface area contributed by atoms with E-state index in [9.17, 15) is 24.3 Å². The lowest BCUT2D eigenvalue weighted by molar-refractivity contribution is -0.142. The predicted octanol–water partition coefficient (Wildman–Crippen LogP) is 1.52. The number of carbonyl (C=O) groups is 4. The van der Waals surface area contributed by atoms with Gasteiger partial charge in [0.2, 0.25) is 23.6 Å². The molecule has 4 aromatic rings. The fourth-order valence-corrected chi connectivity index (χ4v) is 6.51. The number of hydrogen-bond acceptors (Lipinski definition) is 6. The summed E-state index contributed by atoms with van der Waals surface area (Å²) in [6.45, 7) is 0.982. The Hall–Kier alpha value is -5.00. The second kappa shape index (κ2) is 14.6. The minimum Gasteiger partial charge on any atom is -0.391 e. The molecule has 3 aromatic carbocycles. The third-order valence-corrected chi connectivity index (χ3v) is 8.86. The van der Waals surface area contributed by atoms with Gasteiger partial charge in [-0.05, 0) is 22.8 Å². The van der Waals surface area contributed by atoms with Crippen LogP contribution in [0, 0.1) is 0 Å². The molecule has 11 nitrogen and oxygen atoms in total. The van der Waals surface area contributed by atoms with Crippen molar-refractivity contribution in [2.45, 2.75) is 50.0 Å². The van der Waals surface area contributed by atoms with E-state index in [2.05, 4.69) is 20.9 Å². The molecule has 2 saturated heterocycles. The number of nitrogens with one attached hydrogen (secondary N) is 4. The molecule has 0 unspecified atom stereocenters. The average Bonchev–Trinajstić information content (AvgIpc) is 3.67. The molecule has 244 valence electrons. The van der Waals surface area contributed by atoms with E-state index < -0.39 is 36.0 Å². The highest BCUT2D eigenvalue weighted by Gasteiger charge is 2.42. The maximum Gasteiger partial charge on any atom is 0.246 e.